The maximum absolute atomic E-state index is 13.8. The molecule has 0 spiro atoms. The lowest BCUT2D eigenvalue weighted by Crippen LogP contribution is -2.38. The number of piperidine rings is 1. The summed E-state index contributed by atoms with van der Waals surface area (Å²) in [6.07, 6.45) is -3.89. The topological polar surface area (TPSA) is 105 Å². The van der Waals surface area contributed by atoms with Crippen molar-refractivity contribution in [3.8, 4) is 0 Å². The van der Waals surface area contributed by atoms with E-state index in [1.165, 1.54) is 24.1 Å². The molecule has 182 valence electrons. The van der Waals surface area contributed by atoms with E-state index in [0.29, 0.717) is 31.5 Å². The van der Waals surface area contributed by atoms with Crippen LogP contribution in [0.15, 0.2) is 52.4 Å². The molecular weight excluding hydrogens is 467 g/mol. The van der Waals surface area contributed by atoms with Crippen LogP contribution in [0.25, 0.3) is 0 Å². The minimum Gasteiger partial charge on any atom is -0.370 e. The van der Waals surface area contributed by atoms with Crippen LogP contribution in [0.2, 0.25) is 0 Å². The van der Waals surface area contributed by atoms with E-state index in [2.05, 4.69) is 4.99 Å². The highest BCUT2D eigenvalue weighted by Gasteiger charge is 2.37. The second-order valence-electron chi connectivity index (χ2n) is 8.14. The summed E-state index contributed by atoms with van der Waals surface area (Å²) in [6, 6.07) is 10.6. The molecule has 1 heterocycles. The maximum Gasteiger partial charge on any atom is 0.416 e. The van der Waals surface area contributed by atoms with Crippen molar-refractivity contribution >= 4 is 29.7 Å². The molecule has 0 aliphatic carbocycles. The molecule has 0 atom stereocenters. The van der Waals surface area contributed by atoms with E-state index in [-0.39, 0.29) is 17.0 Å². The number of nitrogens with two attached hydrogens (primary N) is 2. The van der Waals surface area contributed by atoms with Gasteiger partial charge in [0.2, 0.25) is 0 Å². The highest BCUT2D eigenvalue weighted by atomic mass is 32.2. The second kappa shape index (κ2) is 10.5. The Kier molecular flexibility index (Phi) is 7.88. The van der Waals surface area contributed by atoms with Crippen molar-refractivity contribution < 1.29 is 22.8 Å². The van der Waals surface area contributed by atoms with Crippen molar-refractivity contribution in [3.63, 3.8) is 0 Å². The number of halogens is 3. The Labute approximate surface area is 200 Å². The van der Waals surface area contributed by atoms with Crippen LogP contribution in [0.1, 0.15) is 50.6 Å². The Balaban J connectivity index is 1.73. The van der Waals surface area contributed by atoms with Crippen LogP contribution in [0.5, 0.6) is 0 Å². The van der Waals surface area contributed by atoms with Crippen molar-refractivity contribution in [2.24, 2.45) is 16.5 Å². The Hall–Kier alpha value is -3.05. The van der Waals surface area contributed by atoms with Gasteiger partial charge in [-0.1, -0.05) is 6.07 Å². The van der Waals surface area contributed by atoms with Crippen molar-refractivity contribution in [2.75, 3.05) is 27.2 Å². The lowest BCUT2D eigenvalue weighted by Gasteiger charge is -2.33. The maximum atomic E-state index is 13.8. The summed E-state index contributed by atoms with van der Waals surface area (Å²) < 4.78 is 43.3. The molecule has 2 amide bonds. The van der Waals surface area contributed by atoms with Gasteiger partial charge in [0.1, 0.15) is 0 Å². The van der Waals surface area contributed by atoms with E-state index >= 15 is 0 Å². The predicted octanol–water partition coefficient (Wildman–Crippen LogP) is 3.71. The van der Waals surface area contributed by atoms with Crippen LogP contribution >= 0.6 is 11.9 Å². The number of likely N-dealkylation sites (tertiary alicyclic amines) is 1. The van der Waals surface area contributed by atoms with E-state index in [1.54, 1.807) is 17.0 Å². The van der Waals surface area contributed by atoms with E-state index in [0.717, 1.165) is 11.0 Å². The lowest BCUT2D eigenvalue weighted by atomic mass is 9.85. The molecular formula is C23H26F3N5O2S. The Morgan fingerprint density at radius 1 is 1.03 bits per heavy atom. The second-order valence-corrected chi connectivity index (χ2v) is 9.52. The fourth-order valence-corrected chi connectivity index (χ4v) is 4.60. The summed E-state index contributed by atoms with van der Waals surface area (Å²) in [5, 5.41) is 0. The number of benzene rings is 2. The van der Waals surface area contributed by atoms with Crippen molar-refractivity contribution in [1.29, 1.82) is 0 Å². The summed E-state index contributed by atoms with van der Waals surface area (Å²) in [6.45, 7) is 0.674. The number of carbonyl (C=O) groups excluding carboxylic acids is 2. The van der Waals surface area contributed by atoms with Gasteiger partial charge in [-0.15, -0.1) is 0 Å². The number of hydrogen-bond donors (Lipinski definition) is 2. The van der Waals surface area contributed by atoms with Crippen LogP contribution in [0.4, 0.5) is 13.2 Å². The zero-order valence-electron chi connectivity index (χ0n) is 18.8. The summed E-state index contributed by atoms with van der Waals surface area (Å²) in [5.41, 5.74) is 9.83. The highest BCUT2D eigenvalue weighted by Crippen LogP contribution is 2.39. The van der Waals surface area contributed by atoms with E-state index in [4.69, 9.17) is 11.5 Å². The third-order valence-corrected chi connectivity index (χ3v) is 6.30. The molecule has 1 aliphatic heterocycles. The fraction of sp³-hybridized carbons (Fsp3) is 0.348. The van der Waals surface area contributed by atoms with Gasteiger partial charge in [-0.25, -0.2) is 0 Å². The zero-order valence-corrected chi connectivity index (χ0v) is 19.6. The highest BCUT2D eigenvalue weighted by molar-refractivity contribution is 7.97. The number of rotatable bonds is 5. The molecule has 2 aromatic rings. The predicted molar refractivity (Wildman–Crippen MR) is 125 cm³/mol. The monoisotopic (exact) mass is 493 g/mol. The standard InChI is InChI=1S/C23H26F3N5O2S/c1-30(2)34-17-6-3-15(4-7-17)21(33)31-11-9-14(10-12-31)18-8-5-16(20(32)29-22(27)28)13-19(18)23(24,25)26/h3-8,13-14H,9-12H2,1-2H3,(H4,27,28,29,32). The molecule has 0 saturated carbocycles. The number of aliphatic imine (C=N–C) groups is 1. The number of guanidine groups is 1. The van der Waals surface area contributed by atoms with E-state index in [1.807, 2.05) is 30.5 Å². The average molecular weight is 494 g/mol. The number of alkyl halides is 3. The first-order valence-electron chi connectivity index (χ1n) is 10.6. The van der Waals surface area contributed by atoms with Gasteiger partial charge in [0.05, 0.1) is 5.56 Å². The van der Waals surface area contributed by atoms with Crippen LogP contribution in [0.3, 0.4) is 0 Å². The smallest absolute Gasteiger partial charge is 0.370 e. The molecule has 0 unspecified atom stereocenters. The molecule has 4 N–H and O–H groups in total. The molecule has 1 aliphatic rings. The summed E-state index contributed by atoms with van der Waals surface area (Å²) in [7, 11) is 3.85. The summed E-state index contributed by atoms with van der Waals surface area (Å²) in [5.74, 6) is -2.00. The molecule has 2 aromatic carbocycles. The first kappa shape index (κ1) is 25.6. The van der Waals surface area contributed by atoms with Gasteiger partial charge in [0, 0.05) is 29.1 Å². The van der Waals surface area contributed by atoms with Crippen molar-refractivity contribution in [1.82, 2.24) is 9.21 Å². The lowest BCUT2D eigenvalue weighted by molar-refractivity contribution is -0.138. The summed E-state index contributed by atoms with van der Waals surface area (Å²) >= 11 is 1.54. The molecule has 1 fully saturated rings. The van der Waals surface area contributed by atoms with Crippen LogP contribution in [-0.4, -0.2) is 54.2 Å². The Morgan fingerprint density at radius 3 is 2.15 bits per heavy atom. The molecule has 0 radical (unpaired) electrons. The Bertz CT molecular complexity index is 1080. The number of hydrogen-bond acceptors (Lipinski definition) is 4. The van der Waals surface area contributed by atoms with Gasteiger partial charge in [0.25, 0.3) is 11.8 Å². The quantitative estimate of drug-likeness (QED) is 0.374. The average Bonchev–Trinajstić information content (AvgIpc) is 2.77. The molecule has 1 saturated heterocycles. The van der Waals surface area contributed by atoms with Gasteiger partial charge < -0.3 is 16.4 Å². The number of carbonyl (C=O) groups is 2. The van der Waals surface area contributed by atoms with E-state index in [9.17, 15) is 22.8 Å². The molecule has 7 nitrogen and oxygen atoms in total. The third-order valence-electron chi connectivity index (χ3n) is 5.45. The van der Waals surface area contributed by atoms with Crippen molar-refractivity contribution in [3.05, 3.63) is 64.7 Å². The molecule has 11 heteroatoms. The molecule has 0 aromatic heterocycles. The number of amides is 2. The normalized spacial score (nSPS) is 14.8. The minimum atomic E-state index is -4.65. The fourth-order valence-electron chi connectivity index (χ4n) is 3.92. The van der Waals surface area contributed by atoms with Crippen LogP contribution in [0, 0.1) is 0 Å². The van der Waals surface area contributed by atoms with Crippen molar-refractivity contribution in [2.45, 2.75) is 29.8 Å². The van der Waals surface area contributed by atoms with Gasteiger partial charge in [-0.2, -0.15) is 18.2 Å². The summed E-state index contributed by atoms with van der Waals surface area (Å²) in [4.78, 5) is 30.8. The Morgan fingerprint density at radius 2 is 1.62 bits per heavy atom. The van der Waals surface area contributed by atoms with Gasteiger partial charge in [-0.3, -0.25) is 13.9 Å². The first-order valence-corrected chi connectivity index (χ1v) is 11.3. The first-order chi connectivity index (χ1) is 16.0. The number of nitrogens with zero attached hydrogens (tertiary/aromatic N) is 3. The van der Waals surface area contributed by atoms with E-state index < -0.39 is 29.5 Å². The third kappa shape index (κ3) is 6.29. The van der Waals surface area contributed by atoms with Gasteiger partial charge in [0.15, 0.2) is 5.96 Å². The van der Waals surface area contributed by atoms with Gasteiger partial charge in [-0.05, 0) is 86.8 Å². The van der Waals surface area contributed by atoms with Gasteiger partial charge >= 0.3 is 6.18 Å². The van der Waals surface area contributed by atoms with Crippen LogP contribution in [-0.2, 0) is 6.18 Å². The SMILES string of the molecule is CN(C)Sc1ccc(C(=O)N2CCC(c3ccc(C(=O)N=C(N)N)cc3C(F)(F)F)CC2)cc1. The minimum absolute atomic E-state index is 0.103. The molecule has 3 rings (SSSR count). The van der Waals surface area contributed by atoms with Crippen LogP contribution < -0.4 is 11.5 Å². The molecule has 0 bridgehead atoms. The zero-order chi connectivity index (χ0) is 25.0. The largest absolute Gasteiger partial charge is 0.416 e. The molecule has 34 heavy (non-hydrogen) atoms.